The summed E-state index contributed by atoms with van der Waals surface area (Å²) in [5.41, 5.74) is 1.44. The van der Waals surface area contributed by atoms with E-state index >= 15 is 0 Å². The molecule has 0 fully saturated rings. The first-order chi connectivity index (χ1) is 11.6. The van der Waals surface area contributed by atoms with Crippen LogP contribution in [0.25, 0.3) is 0 Å². The van der Waals surface area contributed by atoms with Gasteiger partial charge in [-0.1, -0.05) is 12.1 Å². The Balaban J connectivity index is 1.73. The van der Waals surface area contributed by atoms with Crippen molar-refractivity contribution >= 4 is 17.3 Å². The molecule has 3 aromatic carbocycles. The van der Waals surface area contributed by atoms with Crippen LogP contribution in [-0.2, 0) is 0 Å². The number of anilines is 2. The predicted molar refractivity (Wildman–Crippen MR) is 89.6 cm³/mol. The minimum Gasteiger partial charge on any atom is -0.478 e. The zero-order valence-electron chi connectivity index (χ0n) is 12.6. The zero-order chi connectivity index (χ0) is 16.9. The van der Waals surface area contributed by atoms with Gasteiger partial charge in [0.2, 0.25) is 0 Å². The van der Waals surface area contributed by atoms with Crippen LogP contribution in [0.5, 0.6) is 11.5 Å². The van der Waals surface area contributed by atoms with Gasteiger partial charge in [0.1, 0.15) is 17.3 Å². The molecule has 0 aliphatic heterocycles. The van der Waals surface area contributed by atoms with Crippen molar-refractivity contribution in [2.75, 3.05) is 5.32 Å². The smallest absolute Gasteiger partial charge is 0.337 e. The van der Waals surface area contributed by atoms with E-state index in [0.717, 1.165) is 5.69 Å². The number of hydrogen-bond donors (Lipinski definition) is 2. The highest BCUT2D eigenvalue weighted by molar-refractivity contribution is 5.95. The van der Waals surface area contributed by atoms with Crippen LogP contribution in [0.15, 0.2) is 72.8 Å². The van der Waals surface area contributed by atoms with E-state index in [9.17, 15) is 14.3 Å². The third-order valence-electron chi connectivity index (χ3n) is 3.34. The van der Waals surface area contributed by atoms with E-state index in [4.69, 9.17) is 4.74 Å². The fraction of sp³-hybridized carbons (Fsp3) is 0. The number of rotatable bonds is 5. The molecule has 0 saturated heterocycles. The van der Waals surface area contributed by atoms with Gasteiger partial charge in [-0.2, -0.15) is 0 Å². The van der Waals surface area contributed by atoms with E-state index < -0.39 is 5.97 Å². The number of para-hydroxylation sites is 1. The predicted octanol–water partition coefficient (Wildman–Crippen LogP) is 5.06. The minimum absolute atomic E-state index is 0.198. The van der Waals surface area contributed by atoms with Gasteiger partial charge in [-0.3, -0.25) is 0 Å². The van der Waals surface area contributed by atoms with Crippen molar-refractivity contribution in [2.24, 2.45) is 0 Å². The summed E-state index contributed by atoms with van der Waals surface area (Å²) in [5.74, 6) is -0.180. The van der Waals surface area contributed by atoms with Gasteiger partial charge in [-0.15, -0.1) is 0 Å². The molecular weight excluding hydrogens is 309 g/mol. The molecule has 0 aliphatic carbocycles. The number of carbonyl (C=O) groups is 1. The van der Waals surface area contributed by atoms with Crippen molar-refractivity contribution in [3.05, 3.63) is 84.2 Å². The molecule has 0 radical (unpaired) electrons. The molecule has 120 valence electrons. The molecule has 0 aliphatic rings. The molecule has 0 saturated carbocycles. The van der Waals surface area contributed by atoms with E-state index in [1.807, 2.05) is 0 Å². The lowest BCUT2D eigenvalue weighted by molar-refractivity contribution is 0.0698. The number of aromatic carboxylic acids is 1. The highest BCUT2D eigenvalue weighted by atomic mass is 19.1. The lowest BCUT2D eigenvalue weighted by Crippen LogP contribution is -2.02. The summed E-state index contributed by atoms with van der Waals surface area (Å²) < 4.78 is 18.5. The molecule has 5 heteroatoms. The molecule has 0 atom stereocenters. The normalized spacial score (nSPS) is 10.2. The van der Waals surface area contributed by atoms with E-state index in [-0.39, 0.29) is 11.4 Å². The number of benzene rings is 3. The van der Waals surface area contributed by atoms with Crippen molar-refractivity contribution in [3.8, 4) is 11.5 Å². The topological polar surface area (TPSA) is 58.6 Å². The Morgan fingerprint density at radius 3 is 2.08 bits per heavy atom. The van der Waals surface area contributed by atoms with Gasteiger partial charge < -0.3 is 15.2 Å². The van der Waals surface area contributed by atoms with Crippen LogP contribution in [0.3, 0.4) is 0 Å². The van der Waals surface area contributed by atoms with Gasteiger partial charge in [0.25, 0.3) is 0 Å². The molecule has 0 bridgehead atoms. The number of nitrogens with one attached hydrogen (secondary N) is 1. The maximum absolute atomic E-state index is 12.9. The van der Waals surface area contributed by atoms with Gasteiger partial charge in [0.05, 0.1) is 11.3 Å². The second-order valence-corrected chi connectivity index (χ2v) is 5.06. The van der Waals surface area contributed by atoms with Crippen LogP contribution in [0.1, 0.15) is 10.4 Å². The van der Waals surface area contributed by atoms with Gasteiger partial charge in [0, 0.05) is 5.69 Å². The molecular formula is C19H14FNO3. The molecule has 0 spiro atoms. The molecule has 0 unspecified atom stereocenters. The van der Waals surface area contributed by atoms with Crippen molar-refractivity contribution in [1.29, 1.82) is 0 Å². The van der Waals surface area contributed by atoms with Crippen molar-refractivity contribution in [3.63, 3.8) is 0 Å². The fourth-order valence-corrected chi connectivity index (χ4v) is 2.18. The lowest BCUT2D eigenvalue weighted by atomic mass is 10.1. The summed E-state index contributed by atoms with van der Waals surface area (Å²) >= 11 is 0. The highest BCUT2D eigenvalue weighted by Gasteiger charge is 2.09. The Bertz CT molecular complexity index is 845. The van der Waals surface area contributed by atoms with E-state index in [2.05, 4.69) is 5.32 Å². The summed E-state index contributed by atoms with van der Waals surface area (Å²) in [7, 11) is 0. The molecule has 2 N–H and O–H groups in total. The second-order valence-electron chi connectivity index (χ2n) is 5.06. The monoisotopic (exact) mass is 323 g/mol. The summed E-state index contributed by atoms with van der Waals surface area (Å²) in [6, 6.07) is 19.5. The molecule has 24 heavy (non-hydrogen) atoms. The summed E-state index contributed by atoms with van der Waals surface area (Å²) in [5, 5.41) is 12.3. The summed E-state index contributed by atoms with van der Waals surface area (Å²) in [6.07, 6.45) is 0. The molecule has 3 rings (SSSR count). The molecule has 0 amide bonds. The van der Waals surface area contributed by atoms with Crippen LogP contribution in [-0.4, -0.2) is 11.1 Å². The Kier molecular flexibility index (Phi) is 4.43. The zero-order valence-corrected chi connectivity index (χ0v) is 12.6. The molecule has 0 aromatic heterocycles. The average Bonchev–Trinajstić information content (AvgIpc) is 2.59. The van der Waals surface area contributed by atoms with Gasteiger partial charge >= 0.3 is 5.97 Å². The number of hydrogen-bond acceptors (Lipinski definition) is 3. The third-order valence-corrected chi connectivity index (χ3v) is 3.34. The van der Waals surface area contributed by atoms with Gasteiger partial charge in [0.15, 0.2) is 0 Å². The SMILES string of the molecule is O=C(O)c1ccccc1Nc1ccc(Oc2ccc(F)cc2)cc1. The standard InChI is InChI=1S/C19H14FNO3/c20-13-5-9-15(10-6-13)24-16-11-7-14(8-12-16)21-18-4-2-1-3-17(18)19(22)23/h1-12,21H,(H,22,23). The molecule has 3 aromatic rings. The second kappa shape index (κ2) is 6.83. The van der Waals surface area contributed by atoms with Gasteiger partial charge in [-0.25, -0.2) is 9.18 Å². The number of ether oxygens (including phenoxy) is 1. The Labute approximate surface area is 138 Å². The Morgan fingerprint density at radius 1 is 0.875 bits per heavy atom. The van der Waals surface area contributed by atoms with Gasteiger partial charge in [-0.05, 0) is 60.7 Å². The quantitative estimate of drug-likeness (QED) is 0.689. The van der Waals surface area contributed by atoms with E-state index in [1.165, 1.54) is 18.2 Å². The van der Waals surface area contributed by atoms with Crippen LogP contribution in [0.4, 0.5) is 15.8 Å². The number of halogens is 1. The maximum Gasteiger partial charge on any atom is 0.337 e. The van der Waals surface area contributed by atoms with Crippen LogP contribution in [0.2, 0.25) is 0 Å². The van der Waals surface area contributed by atoms with E-state index in [1.54, 1.807) is 54.6 Å². The molecule has 0 heterocycles. The van der Waals surface area contributed by atoms with Crippen molar-refractivity contribution in [1.82, 2.24) is 0 Å². The first kappa shape index (κ1) is 15.6. The third kappa shape index (κ3) is 3.70. The lowest BCUT2D eigenvalue weighted by Gasteiger charge is -2.10. The average molecular weight is 323 g/mol. The van der Waals surface area contributed by atoms with E-state index in [0.29, 0.717) is 17.2 Å². The number of carboxylic acids is 1. The van der Waals surface area contributed by atoms with Crippen LogP contribution >= 0.6 is 0 Å². The van der Waals surface area contributed by atoms with Crippen molar-refractivity contribution in [2.45, 2.75) is 0 Å². The Morgan fingerprint density at radius 2 is 1.46 bits per heavy atom. The Hall–Kier alpha value is -3.34. The van der Waals surface area contributed by atoms with Crippen molar-refractivity contribution < 1.29 is 19.0 Å². The summed E-state index contributed by atoms with van der Waals surface area (Å²) in [6.45, 7) is 0. The summed E-state index contributed by atoms with van der Waals surface area (Å²) in [4.78, 5) is 11.2. The number of carboxylic acid groups (broad SMARTS) is 1. The largest absolute Gasteiger partial charge is 0.478 e. The minimum atomic E-state index is -0.991. The van der Waals surface area contributed by atoms with Crippen LogP contribution in [0, 0.1) is 5.82 Å². The highest BCUT2D eigenvalue weighted by Crippen LogP contribution is 2.26. The van der Waals surface area contributed by atoms with Crippen LogP contribution < -0.4 is 10.1 Å². The first-order valence-electron chi connectivity index (χ1n) is 7.25. The fourth-order valence-electron chi connectivity index (χ4n) is 2.18. The molecule has 4 nitrogen and oxygen atoms in total. The maximum atomic E-state index is 12.9. The first-order valence-corrected chi connectivity index (χ1v) is 7.25.